The van der Waals surface area contributed by atoms with E-state index >= 15 is 0 Å². The van der Waals surface area contributed by atoms with Gasteiger partial charge in [-0.15, -0.1) is 0 Å². The SMILES string of the molecule is CCOc1ccc(C(=O)NNC(=O)C[C@@H]2Oc3ccccc3NC2=O)cc1. The summed E-state index contributed by atoms with van der Waals surface area (Å²) in [7, 11) is 0. The fourth-order valence-corrected chi connectivity index (χ4v) is 2.51. The third-order valence-corrected chi connectivity index (χ3v) is 3.82. The maximum absolute atomic E-state index is 12.1. The molecule has 0 spiro atoms. The summed E-state index contributed by atoms with van der Waals surface area (Å²) in [4.78, 5) is 36.1. The molecule has 1 aliphatic rings. The van der Waals surface area contributed by atoms with Gasteiger partial charge >= 0.3 is 0 Å². The lowest BCUT2D eigenvalue weighted by Gasteiger charge is -2.25. The third kappa shape index (κ3) is 4.55. The molecule has 1 atom stereocenters. The van der Waals surface area contributed by atoms with Crippen LogP contribution in [0.1, 0.15) is 23.7 Å². The van der Waals surface area contributed by atoms with Gasteiger partial charge in [-0.05, 0) is 43.3 Å². The number of anilines is 1. The van der Waals surface area contributed by atoms with Gasteiger partial charge < -0.3 is 14.8 Å². The van der Waals surface area contributed by atoms with Gasteiger partial charge in [0.05, 0.1) is 18.7 Å². The van der Waals surface area contributed by atoms with Crippen molar-refractivity contribution in [2.75, 3.05) is 11.9 Å². The highest BCUT2D eigenvalue weighted by Gasteiger charge is 2.29. The average molecular weight is 369 g/mol. The summed E-state index contributed by atoms with van der Waals surface area (Å²) in [6.07, 6.45) is -1.20. The topological polar surface area (TPSA) is 106 Å². The molecule has 1 aliphatic heterocycles. The number of ether oxygens (including phenoxy) is 2. The number of fused-ring (bicyclic) bond motifs is 1. The van der Waals surface area contributed by atoms with E-state index in [9.17, 15) is 14.4 Å². The van der Waals surface area contributed by atoms with Crippen LogP contribution >= 0.6 is 0 Å². The van der Waals surface area contributed by atoms with Gasteiger partial charge in [0, 0.05) is 5.56 Å². The second kappa shape index (κ2) is 8.22. The maximum Gasteiger partial charge on any atom is 0.269 e. The van der Waals surface area contributed by atoms with Gasteiger partial charge in [0.2, 0.25) is 5.91 Å². The first-order chi connectivity index (χ1) is 13.1. The van der Waals surface area contributed by atoms with Gasteiger partial charge in [0.25, 0.3) is 11.8 Å². The summed E-state index contributed by atoms with van der Waals surface area (Å²) >= 11 is 0. The Balaban J connectivity index is 1.51. The zero-order chi connectivity index (χ0) is 19.2. The first-order valence-electron chi connectivity index (χ1n) is 8.45. The number of nitrogens with one attached hydrogen (secondary N) is 3. The van der Waals surface area contributed by atoms with Crippen molar-refractivity contribution in [2.24, 2.45) is 0 Å². The van der Waals surface area contributed by atoms with Gasteiger partial charge in [0.15, 0.2) is 6.10 Å². The first kappa shape index (κ1) is 18.2. The van der Waals surface area contributed by atoms with E-state index in [1.807, 2.05) is 6.92 Å². The van der Waals surface area contributed by atoms with Crippen molar-refractivity contribution in [3.8, 4) is 11.5 Å². The molecule has 0 saturated carbocycles. The lowest BCUT2D eigenvalue weighted by atomic mass is 10.1. The van der Waals surface area contributed by atoms with Crippen LogP contribution in [0.2, 0.25) is 0 Å². The Morgan fingerprint density at radius 2 is 1.85 bits per heavy atom. The van der Waals surface area contributed by atoms with E-state index in [-0.39, 0.29) is 6.42 Å². The molecule has 2 aromatic carbocycles. The van der Waals surface area contributed by atoms with Gasteiger partial charge in [0.1, 0.15) is 11.5 Å². The van der Waals surface area contributed by atoms with Crippen LogP contribution in [0.15, 0.2) is 48.5 Å². The second-order valence-corrected chi connectivity index (χ2v) is 5.76. The molecule has 0 saturated heterocycles. The summed E-state index contributed by atoms with van der Waals surface area (Å²) in [5, 5.41) is 2.68. The number of carbonyl (C=O) groups excluding carboxylic acids is 3. The van der Waals surface area contributed by atoms with Crippen LogP contribution < -0.4 is 25.6 Å². The van der Waals surface area contributed by atoms with E-state index in [1.165, 1.54) is 0 Å². The quantitative estimate of drug-likeness (QED) is 0.695. The number of rotatable bonds is 5. The summed E-state index contributed by atoms with van der Waals surface area (Å²) in [5.41, 5.74) is 5.51. The zero-order valence-electron chi connectivity index (χ0n) is 14.7. The Hall–Kier alpha value is -3.55. The van der Waals surface area contributed by atoms with Gasteiger partial charge in [-0.25, -0.2) is 0 Å². The van der Waals surface area contributed by atoms with Crippen molar-refractivity contribution in [1.82, 2.24) is 10.9 Å². The highest BCUT2D eigenvalue weighted by atomic mass is 16.5. The standard InChI is InChI=1S/C19H19N3O5/c1-2-26-13-9-7-12(8-10-13)18(24)22-21-17(23)11-16-19(25)20-14-5-3-4-6-15(14)27-16/h3-10,16H,2,11H2,1H3,(H,20,25)(H,21,23)(H,22,24)/t16-/m0/s1. The molecule has 8 nitrogen and oxygen atoms in total. The Morgan fingerprint density at radius 3 is 2.59 bits per heavy atom. The number of amides is 3. The van der Waals surface area contributed by atoms with Gasteiger partial charge in [-0.1, -0.05) is 12.1 Å². The van der Waals surface area contributed by atoms with Crippen LogP contribution in [0, 0.1) is 0 Å². The summed E-state index contributed by atoms with van der Waals surface area (Å²) in [6.45, 7) is 2.40. The first-order valence-corrected chi connectivity index (χ1v) is 8.45. The predicted molar refractivity (Wildman–Crippen MR) is 97.3 cm³/mol. The molecule has 0 radical (unpaired) electrons. The van der Waals surface area contributed by atoms with E-state index in [1.54, 1.807) is 48.5 Å². The number of carbonyl (C=O) groups is 3. The highest BCUT2D eigenvalue weighted by Crippen LogP contribution is 2.29. The van der Waals surface area contributed by atoms with Crippen LogP contribution in [0.5, 0.6) is 11.5 Å². The monoisotopic (exact) mass is 369 g/mol. The normalized spacial score (nSPS) is 15.0. The van der Waals surface area contributed by atoms with E-state index in [0.29, 0.717) is 29.4 Å². The van der Waals surface area contributed by atoms with Crippen molar-refractivity contribution in [2.45, 2.75) is 19.4 Å². The Bertz CT molecular complexity index is 851. The lowest BCUT2D eigenvalue weighted by Crippen LogP contribution is -2.46. The number of hydrazine groups is 1. The van der Waals surface area contributed by atoms with Crippen molar-refractivity contribution in [1.29, 1.82) is 0 Å². The molecule has 140 valence electrons. The molecule has 8 heteroatoms. The highest BCUT2D eigenvalue weighted by molar-refractivity contribution is 6.00. The largest absolute Gasteiger partial charge is 0.494 e. The minimum Gasteiger partial charge on any atom is -0.494 e. The molecule has 0 aliphatic carbocycles. The van der Waals surface area contributed by atoms with Crippen LogP contribution in [0.3, 0.4) is 0 Å². The van der Waals surface area contributed by atoms with Crippen LogP contribution in [-0.4, -0.2) is 30.4 Å². The van der Waals surface area contributed by atoms with Crippen molar-refractivity contribution < 1.29 is 23.9 Å². The summed E-state index contributed by atoms with van der Waals surface area (Å²) in [5.74, 6) is -0.298. The molecule has 0 unspecified atom stereocenters. The van der Waals surface area contributed by atoms with Crippen LogP contribution in [-0.2, 0) is 9.59 Å². The van der Waals surface area contributed by atoms with E-state index in [0.717, 1.165) is 0 Å². The molecule has 1 heterocycles. The fraction of sp³-hybridized carbons (Fsp3) is 0.211. The average Bonchev–Trinajstić information content (AvgIpc) is 2.67. The number of para-hydroxylation sites is 2. The second-order valence-electron chi connectivity index (χ2n) is 5.76. The van der Waals surface area contributed by atoms with Crippen molar-refractivity contribution >= 4 is 23.4 Å². The lowest BCUT2D eigenvalue weighted by molar-refractivity contribution is -0.130. The van der Waals surface area contributed by atoms with Crippen LogP contribution in [0.25, 0.3) is 0 Å². The molecule has 27 heavy (non-hydrogen) atoms. The molecular formula is C19H19N3O5. The van der Waals surface area contributed by atoms with Crippen molar-refractivity contribution in [3.05, 3.63) is 54.1 Å². The Kier molecular flexibility index (Phi) is 5.55. The van der Waals surface area contributed by atoms with Gasteiger partial charge in [-0.2, -0.15) is 0 Å². The third-order valence-electron chi connectivity index (χ3n) is 3.82. The molecule has 3 amide bonds. The number of hydrogen-bond donors (Lipinski definition) is 3. The van der Waals surface area contributed by atoms with Gasteiger partial charge in [-0.3, -0.25) is 25.2 Å². The molecule has 3 rings (SSSR count). The molecule has 0 aromatic heterocycles. The van der Waals surface area contributed by atoms with E-state index in [4.69, 9.17) is 9.47 Å². The number of hydrogen-bond acceptors (Lipinski definition) is 5. The molecule has 0 fully saturated rings. The zero-order valence-corrected chi connectivity index (χ0v) is 14.7. The van der Waals surface area contributed by atoms with E-state index < -0.39 is 23.8 Å². The van der Waals surface area contributed by atoms with Crippen LogP contribution in [0.4, 0.5) is 5.69 Å². The number of benzene rings is 2. The molecule has 3 N–H and O–H groups in total. The molecule has 0 bridgehead atoms. The van der Waals surface area contributed by atoms with Crippen molar-refractivity contribution in [3.63, 3.8) is 0 Å². The Morgan fingerprint density at radius 1 is 1.11 bits per heavy atom. The minimum absolute atomic E-state index is 0.232. The smallest absolute Gasteiger partial charge is 0.269 e. The molecular weight excluding hydrogens is 350 g/mol. The predicted octanol–water partition coefficient (Wildman–Crippen LogP) is 1.64. The summed E-state index contributed by atoms with van der Waals surface area (Å²) in [6, 6.07) is 13.4. The fourth-order valence-electron chi connectivity index (χ4n) is 2.51. The molecule has 2 aromatic rings. The Labute approximate surface area is 155 Å². The maximum atomic E-state index is 12.1. The minimum atomic E-state index is -0.970. The summed E-state index contributed by atoms with van der Waals surface area (Å²) < 4.78 is 10.8. The van der Waals surface area contributed by atoms with E-state index in [2.05, 4.69) is 16.2 Å².